The Kier molecular flexibility index (Phi) is 8.87. The normalized spacial score (nSPS) is 16.4. The number of rotatable bonds is 7. The lowest BCUT2D eigenvalue weighted by Gasteiger charge is -2.28. The molecule has 1 heterocycles. The Balaban J connectivity index is 0.00000288. The van der Waals surface area contributed by atoms with E-state index in [1.54, 1.807) is 13.2 Å². The summed E-state index contributed by atoms with van der Waals surface area (Å²) in [5.41, 5.74) is 0.623. The van der Waals surface area contributed by atoms with E-state index in [-0.39, 0.29) is 24.4 Å². The molecule has 1 saturated heterocycles. The van der Waals surface area contributed by atoms with Crippen LogP contribution in [0.25, 0.3) is 0 Å². The fourth-order valence-electron chi connectivity index (χ4n) is 2.89. The molecule has 0 radical (unpaired) electrons. The van der Waals surface area contributed by atoms with Crippen LogP contribution in [0.3, 0.4) is 0 Å². The number of carbonyl (C=O) groups excluding carboxylic acids is 1. The standard InChI is InChI=1S/C17H25BrN2O3.ClH/c1-4-8-20(13-6-7-19-11-13)17(21)12-9-14(18)16(23-5-2)15(10-12)22-3;/h9-10,13,19H,4-8,11H2,1-3H3;1H. The molecule has 1 aromatic carbocycles. The van der Waals surface area contributed by atoms with Crippen molar-refractivity contribution in [1.82, 2.24) is 10.2 Å². The van der Waals surface area contributed by atoms with Crippen molar-refractivity contribution in [2.24, 2.45) is 0 Å². The molecule has 1 aliphatic heterocycles. The minimum Gasteiger partial charge on any atom is -0.493 e. The summed E-state index contributed by atoms with van der Waals surface area (Å²) in [5.74, 6) is 1.25. The highest BCUT2D eigenvalue weighted by Gasteiger charge is 2.27. The van der Waals surface area contributed by atoms with Gasteiger partial charge in [-0.3, -0.25) is 4.79 Å². The molecule has 0 aromatic heterocycles. The Morgan fingerprint density at radius 3 is 2.71 bits per heavy atom. The molecule has 7 heteroatoms. The summed E-state index contributed by atoms with van der Waals surface area (Å²) in [5, 5.41) is 3.33. The molecule has 0 saturated carbocycles. The molecule has 0 bridgehead atoms. The van der Waals surface area contributed by atoms with Gasteiger partial charge in [-0.15, -0.1) is 12.4 Å². The van der Waals surface area contributed by atoms with Crippen molar-refractivity contribution in [2.75, 3.05) is 33.4 Å². The van der Waals surface area contributed by atoms with Crippen molar-refractivity contribution >= 4 is 34.2 Å². The highest BCUT2D eigenvalue weighted by molar-refractivity contribution is 9.10. The van der Waals surface area contributed by atoms with Crippen molar-refractivity contribution in [3.05, 3.63) is 22.2 Å². The van der Waals surface area contributed by atoms with Crippen LogP contribution in [0.5, 0.6) is 11.5 Å². The number of hydrogen-bond acceptors (Lipinski definition) is 4. The minimum atomic E-state index is 0. The third-order valence-corrected chi connectivity index (χ3v) is 4.55. The van der Waals surface area contributed by atoms with Crippen LogP contribution >= 0.6 is 28.3 Å². The van der Waals surface area contributed by atoms with Crippen LogP contribution in [0.15, 0.2) is 16.6 Å². The number of halogens is 2. The van der Waals surface area contributed by atoms with E-state index in [4.69, 9.17) is 9.47 Å². The molecular weight excluding hydrogens is 396 g/mol. The van der Waals surface area contributed by atoms with Gasteiger partial charge < -0.3 is 19.7 Å². The van der Waals surface area contributed by atoms with Crippen LogP contribution < -0.4 is 14.8 Å². The van der Waals surface area contributed by atoms with E-state index in [1.807, 2.05) is 17.9 Å². The summed E-state index contributed by atoms with van der Waals surface area (Å²) in [6.45, 7) is 7.14. The predicted molar refractivity (Wildman–Crippen MR) is 102 cm³/mol. The molecule has 2 rings (SSSR count). The minimum absolute atomic E-state index is 0. The topological polar surface area (TPSA) is 50.8 Å². The third-order valence-electron chi connectivity index (χ3n) is 3.97. The Labute approximate surface area is 158 Å². The highest BCUT2D eigenvalue weighted by atomic mass is 79.9. The Morgan fingerprint density at radius 2 is 2.17 bits per heavy atom. The van der Waals surface area contributed by atoms with Crippen LogP contribution in [-0.4, -0.2) is 50.2 Å². The van der Waals surface area contributed by atoms with Crippen LogP contribution in [0.2, 0.25) is 0 Å². The lowest BCUT2D eigenvalue weighted by Crippen LogP contribution is -2.42. The lowest BCUT2D eigenvalue weighted by molar-refractivity contribution is 0.0691. The molecule has 1 aromatic rings. The van der Waals surface area contributed by atoms with Gasteiger partial charge in [0, 0.05) is 24.7 Å². The lowest BCUT2D eigenvalue weighted by atomic mass is 10.1. The second-order valence-electron chi connectivity index (χ2n) is 5.57. The quantitative estimate of drug-likeness (QED) is 0.732. The molecule has 1 amide bonds. The highest BCUT2D eigenvalue weighted by Crippen LogP contribution is 2.37. The van der Waals surface area contributed by atoms with Gasteiger partial charge in [-0.2, -0.15) is 0 Å². The maximum Gasteiger partial charge on any atom is 0.254 e. The van der Waals surface area contributed by atoms with Gasteiger partial charge in [0.15, 0.2) is 11.5 Å². The van der Waals surface area contributed by atoms with E-state index in [2.05, 4.69) is 28.2 Å². The average molecular weight is 422 g/mol. The van der Waals surface area contributed by atoms with Gasteiger partial charge >= 0.3 is 0 Å². The predicted octanol–water partition coefficient (Wildman–Crippen LogP) is 3.49. The first-order valence-corrected chi connectivity index (χ1v) is 8.93. The second kappa shape index (κ2) is 10.1. The van der Waals surface area contributed by atoms with Gasteiger partial charge in [-0.1, -0.05) is 6.92 Å². The first-order chi connectivity index (χ1) is 11.1. The number of carbonyl (C=O) groups is 1. The molecule has 24 heavy (non-hydrogen) atoms. The number of nitrogens with zero attached hydrogens (tertiary/aromatic N) is 1. The maximum absolute atomic E-state index is 13.0. The van der Waals surface area contributed by atoms with Gasteiger partial charge in [0.1, 0.15) is 0 Å². The van der Waals surface area contributed by atoms with E-state index in [0.29, 0.717) is 23.7 Å². The molecule has 1 fully saturated rings. The first-order valence-electron chi connectivity index (χ1n) is 8.14. The summed E-state index contributed by atoms with van der Waals surface area (Å²) in [7, 11) is 1.59. The Morgan fingerprint density at radius 1 is 1.42 bits per heavy atom. The second-order valence-corrected chi connectivity index (χ2v) is 6.42. The molecule has 1 N–H and O–H groups in total. The van der Waals surface area contributed by atoms with Crippen molar-refractivity contribution in [2.45, 2.75) is 32.7 Å². The molecule has 0 spiro atoms. The summed E-state index contributed by atoms with van der Waals surface area (Å²) in [6.07, 6.45) is 1.94. The summed E-state index contributed by atoms with van der Waals surface area (Å²) in [4.78, 5) is 15.0. The third kappa shape index (κ3) is 4.77. The van der Waals surface area contributed by atoms with Gasteiger partial charge in [-0.25, -0.2) is 0 Å². The van der Waals surface area contributed by atoms with Gasteiger partial charge in [-0.05, 0) is 54.4 Å². The number of benzene rings is 1. The fraction of sp³-hybridized carbons (Fsp3) is 0.588. The fourth-order valence-corrected chi connectivity index (χ4v) is 3.45. The summed E-state index contributed by atoms with van der Waals surface area (Å²) >= 11 is 3.49. The number of hydrogen-bond donors (Lipinski definition) is 1. The van der Waals surface area contributed by atoms with Crippen LogP contribution in [0.4, 0.5) is 0 Å². The SMILES string of the molecule is CCCN(C(=O)c1cc(Br)c(OCC)c(OC)c1)C1CCNC1.Cl. The monoisotopic (exact) mass is 420 g/mol. The zero-order valence-electron chi connectivity index (χ0n) is 14.4. The molecular formula is C17H26BrClN2O3. The number of amides is 1. The molecule has 136 valence electrons. The van der Waals surface area contributed by atoms with Crippen LogP contribution in [-0.2, 0) is 0 Å². The van der Waals surface area contributed by atoms with E-state index in [9.17, 15) is 4.79 Å². The van der Waals surface area contributed by atoms with Crippen molar-refractivity contribution in [1.29, 1.82) is 0 Å². The van der Waals surface area contributed by atoms with E-state index in [1.165, 1.54) is 0 Å². The van der Waals surface area contributed by atoms with E-state index < -0.39 is 0 Å². The first kappa shape index (κ1) is 21.1. The van der Waals surface area contributed by atoms with Crippen molar-refractivity contribution in [3.63, 3.8) is 0 Å². The largest absolute Gasteiger partial charge is 0.493 e. The Hall–Kier alpha value is -0.980. The van der Waals surface area contributed by atoms with E-state index in [0.717, 1.165) is 36.9 Å². The number of methoxy groups -OCH3 is 1. The number of ether oxygens (including phenoxy) is 2. The van der Waals surface area contributed by atoms with E-state index >= 15 is 0 Å². The van der Waals surface area contributed by atoms with Gasteiger partial charge in [0.25, 0.3) is 5.91 Å². The molecule has 1 unspecified atom stereocenters. The smallest absolute Gasteiger partial charge is 0.254 e. The van der Waals surface area contributed by atoms with Crippen molar-refractivity contribution in [3.8, 4) is 11.5 Å². The zero-order valence-corrected chi connectivity index (χ0v) is 16.8. The van der Waals surface area contributed by atoms with Crippen molar-refractivity contribution < 1.29 is 14.3 Å². The average Bonchev–Trinajstić information content (AvgIpc) is 3.07. The molecule has 0 aliphatic carbocycles. The Bertz CT molecular complexity index is 551. The summed E-state index contributed by atoms with van der Waals surface area (Å²) in [6, 6.07) is 3.85. The molecule has 1 aliphatic rings. The van der Waals surface area contributed by atoms with Gasteiger partial charge in [0.2, 0.25) is 0 Å². The maximum atomic E-state index is 13.0. The zero-order chi connectivity index (χ0) is 16.8. The molecule has 1 atom stereocenters. The molecule has 5 nitrogen and oxygen atoms in total. The number of nitrogens with one attached hydrogen (secondary N) is 1. The van der Waals surface area contributed by atoms with Crippen LogP contribution in [0.1, 0.15) is 37.0 Å². The van der Waals surface area contributed by atoms with Crippen LogP contribution in [0, 0.1) is 0 Å². The summed E-state index contributed by atoms with van der Waals surface area (Å²) < 4.78 is 11.7. The van der Waals surface area contributed by atoms with Gasteiger partial charge in [0.05, 0.1) is 18.2 Å².